The van der Waals surface area contributed by atoms with E-state index in [0.717, 1.165) is 35.0 Å². The molecule has 2 heterocycles. The van der Waals surface area contributed by atoms with E-state index in [1.54, 1.807) is 23.5 Å². The van der Waals surface area contributed by atoms with E-state index in [-0.39, 0.29) is 18.4 Å². The minimum atomic E-state index is -0.779. The van der Waals surface area contributed by atoms with Crippen LogP contribution in [0.4, 0.5) is 5.82 Å². The van der Waals surface area contributed by atoms with E-state index in [9.17, 15) is 9.59 Å². The van der Waals surface area contributed by atoms with Gasteiger partial charge in [0.1, 0.15) is 16.7 Å². The van der Waals surface area contributed by atoms with Crippen molar-refractivity contribution in [1.82, 2.24) is 15.3 Å². The molecule has 1 amide bonds. The number of esters is 1. The van der Waals surface area contributed by atoms with Gasteiger partial charge < -0.3 is 15.8 Å². The molecule has 32 heavy (non-hydrogen) atoms. The number of anilines is 1. The molecule has 168 valence electrons. The molecule has 1 aliphatic rings. The zero-order chi connectivity index (χ0) is 22.8. The Morgan fingerprint density at radius 2 is 2.00 bits per heavy atom. The average Bonchev–Trinajstić information content (AvgIpc) is 3.14. The standard InChI is InChI=1S/C24H28N4O3S/c1-13(2)20(28-22(29)15-8-6-7-14(3)11-15)24(30)31-12-18-26-21(25)19-16-9-4-5-10-17(16)32-23(19)27-18/h6-8,11,13,20H,4-5,9-10,12H2,1-3H3,(H,28,29)(H2,25,26,27)/t20-/m0/s1. The quantitative estimate of drug-likeness (QED) is 0.548. The summed E-state index contributed by atoms with van der Waals surface area (Å²) in [6.07, 6.45) is 4.40. The van der Waals surface area contributed by atoms with Crippen LogP contribution in [-0.4, -0.2) is 27.9 Å². The molecule has 0 fully saturated rings. The highest BCUT2D eigenvalue weighted by molar-refractivity contribution is 7.19. The van der Waals surface area contributed by atoms with E-state index in [1.165, 1.54) is 16.9 Å². The first kappa shape index (κ1) is 22.2. The van der Waals surface area contributed by atoms with Crippen molar-refractivity contribution in [3.63, 3.8) is 0 Å². The summed E-state index contributed by atoms with van der Waals surface area (Å²) < 4.78 is 5.49. The number of amides is 1. The number of carbonyl (C=O) groups is 2. The Hall–Kier alpha value is -3.00. The lowest BCUT2D eigenvalue weighted by atomic mass is 9.97. The van der Waals surface area contributed by atoms with Gasteiger partial charge in [-0.25, -0.2) is 14.8 Å². The number of nitrogens with one attached hydrogen (secondary N) is 1. The van der Waals surface area contributed by atoms with Gasteiger partial charge >= 0.3 is 5.97 Å². The summed E-state index contributed by atoms with van der Waals surface area (Å²) >= 11 is 1.65. The number of benzene rings is 1. The van der Waals surface area contributed by atoms with E-state index in [2.05, 4.69) is 15.3 Å². The Bertz CT molecular complexity index is 1170. The van der Waals surface area contributed by atoms with Crippen LogP contribution in [0.1, 0.15) is 58.9 Å². The summed E-state index contributed by atoms with van der Waals surface area (Å²) in [6.45, 7) is 5.54. The molecule has 1 aromatic carbocycles. The van der Waals surface area contributed by atoms with Crippen LogP contribution in [0.5, 0.6) is 0 Å². The second kappa shape index (κ2) is 9.24. The maximum atomic E-state index is 12.8. The SMILES string of the molecule is Cc1cccc(C(=O)N[C@H](C(=O)OCc2nc(N)c3c4c(sc3n2)CCCC4)C(C)C)c1. The van der Waals surface area contributed by atoms with Crippen molar-refractivity contribution in [1.29, 1.82) is 0 Å². The first-order chi connectivity index (χ1) is 15.3. The van der Waals surface area contributed by atoms with Crippen LogP contribution in [-0.2, 0) is 29.0 Å². The van der Waals surface area contributed by atoms with Crippen molar-refractivity contribution in [2.24, 2.45) is 5.92 Å². The lowest BCUT2D eigenvalue weighted by Crippen LogP contribution is -2.45. The molecule has 3 aromatic rings. The number of fused-ring (bicyclic) bond motifs is 3. The maximum Gasteiger partial charge on any atom is 0.329 e. The van der Waals surface area contributed by atoms with Crippen LogP contribution in [0.25, 0.3) is 10.2 Å². The molecule has 7 nitrogen and oxygen atoms in total. The fourth-order valence-electron chi connectivity index (χ4n) is 4.03. The van der Waals surface area contributed by atoms with Gasteiger partial charge in [0.2, 0.25) is 0 Å². The Labute approximate surface area is 191 Å². The van der Waals surface area contributed by atoms with Crippen LogP contribution in [0.3, 0.4) is 0 Å². The number of nitrogen functional groups attached to an aromatic ring is 1. The summed E-state index contributed by atoms with van der Waals surface area (Å²) in [5, 5.41) is 3.74. The van der Waals surface area contributed by atoms with Gasteiger partial charge in [0.05, 0.1) is 5.39 Å². The number of aromatic nitrogens is 2. The number of hydrogen-bond acceptors (Lipinski definition) is 7. The van der Waals surface area contributed by atoms with Gasteiger partial charge in [0, 0.05) is 10.4 Å². The van der Waals surface area contributed by atoms with E-state index in [0.29, 0.717) is 17.2 Å². The summed E-state index contributed by atoms with van der Waals surface area (Å²) in [6, 6.07) is 6.45. The lowest BCUT2D eigenvalue weighted by Gasteiger charge is -2.21. The van der Waals surface area contributed by atoms with E-state index >= 15 is 0 Å². The summed E-state index contributed by atoms with van der Waals surface area (Å²) in [5.74, 6) is -0.166. The van der Waals surface area contributed by atoms with Gasteiger partial charge in [0.25, 0.3) is 5.91 Å². The minimum Gasteiger partial charge on any atom is -0.456 e. The molecule has 0 spiro atoms. The van der Waals surface area contributed by atoms with E-state index in [4.69, 9.17) is 10.5 Å². The van der Waals surface area contributed by atoms with Crippen LogP contribution >= 0.6 is 11.3 Å². The highest BCUT2D eigenvalue weighted by atomic mass is 32.1. The summed E-state index contributed by atoms with van der Waals surface area (Å²) in [7, 11) is 0. The highest BCUT2D eigenvalue weighted by Crippen LogP contribution is 2.37. The molecular weight excluding hydrogens is 424 g/mol. The lowest BCUT2D eigenvalue weighted by molar-refractivity contribution is -0.148. The molecule has 0 aliphatic heterocycles. The summed E-state index contributed by atoms with van der Waals surface area (Å²) in [4.78, 5) is 36.6. The molecule has 1 atom stereocenters. The summed E-state index contributed by atoms with van der Waals surface area (Å²) in [5.41, 5.74) is 8.99. The van der Waals surface area contributed by atoms with Crippen molar-refractivity contribution in [3.8, 4) is 0 Å². The van der Waals surface area contributed by atoms with Gasteiger partial charge in [-0.05, 0) is 56.2 Å². The third-order valence-corrected chi connectivity index (χ3v) is 6.91. The molecule has 8 heteroatoms. The normalized spacial score (nSPS) is 14.2. The molecule has 3 N–H and O–H groups in total. The van der Waals surface area contributed by atoms with Crippen molar-refractivity contribution in [2.75, 3.05) is 5.73 Å². The van der Waals surface area contributed by atoms with Crippen molar-refractivity contribution in [3.05, 3.63) is 51.7 Å². The minimum absolute atomic E-state index is 0.0922. The second-order valence-electron chi connectivity index (χ2n) is 8.59. The number of thiophene rings is 1. The second-order valence-corrected chi connectivity index (χ2v) is 9.67. The van der Waals surface area contributed by atoms with Gasteiger partial charge in [0.15, 0.2) is 12.4 Å². The zero-order valence-electron chi connectivity index (χ0n) is 18.6. The number of aryl methyl sites for hydroxylation is 3. The first-order valence-corrected chi connectivity index (χ1v) is 11.8. The molecular formula is C24H28N4O3S. The Kier molecular flexibility index (Phi) is 6.41. The van der Waals surface area contributed by atoms with Crippen LogP contribution < -0.4 is 11.1 Å². The molecule has 2 aromatic heterocycles. The molecule has 0 unspecified atom stereocenters. The van der Waals surface area contributed by atoms with Gasteiger partial charge in [-0.3, -0.25) is 4.79 Å². The van der Waals surface area contributed by atoms with Crippen molar-refractivity contribution >= 4 is 39.2 Å². The van der Waals surface area contributed by atoms with Gasteiger partial charge in [-0.1, -0.05) is 31.5 Å². The van der Waals surface area contributed by atoms with Crippen LogP contribution in [0, 0.1) is 12.8 Å². The third kappa shape index (κ3) is 4.60. The number of rotatable bonds is 6. The molecule has 0 saturated heterocycles. The number of ether oxygens (including phenoxy) is 1. The third-order valence-electron chi connectivity index (χ3n) is 5.72. The Morgan fingerprint density at radius 3 is 2.75 bits per heavy atom. The van der Waals surface area contributed by atoms with Crippen molar-refractivity contribution < 1.29 is 14.3 Å². The van der Waals surface area contributed by atoms with Crippen LogP contribution in [0.2, 0.25) is 0 Å². The smallest absolute Gasteiger partial charge is 0.329 e. The molecule has 4 rings (SSSR count). The maximum absolute atomic E-state index is 12.8. The van der Waals surface area contributed by atoms with Crippen molar-refractivity contribution in [2.45, 2.75) is 59.1 Å². The zero-order valence-corrected chi connectivity index (χ0v) is 19.4. The first-order valence-electron chi connectivity index (χ1n) is 10.9. The van der Waals surface area contributed by atoms with E-state index < -0.39 is 12.0 Å². The molecule has 0 bridgehead atoms. The largest absolute Gasteiger partial charge is 0.456 e. The predicted molar refractivity (Wildman–Crippen MR) is 126 cm³/mol. The number of hydrogen-bond donors (Lipinski definition) is 2. The van der Waals surface area contributed by atoms with Gasteiger partial charge in [-0.2, -0.15) is 0 Å². The number of carbonyl (C=O) groups excluding carboxylic acids is 2. The number of nitrogens with two attached hydrogens (primary N) is 1. The Balaban J connectivity index is 1.46. The van der Waals surface area contributed by atoms with E-state index in [1.807, 2.05) is 32.9 Å². The van der Waals surface area contributed by atoms with Gasteiger partial charge in [-0.15, -0.1) is 11.3 Å². The topological polar surface area (TPSA) is 107 Å². The molecule has 0 saturated carbocycles. The molecule has 0 radical (unpaired) electrons. The predicted octanol–water partition coefficient (Wildman–Crippen LogP) is 3.96. The monoisotopic (exact) mass is 452 g/mol. The fraction of sp³-hybridized carbons (Fsp3) is 0.417. The fourth-order valence-corrected chi connectivity index (χ4v) is 5.32. The number of nitrogens with zero attached hydrogens (tertiary/aromatic N) is 2. The Morgan fingerprint density at radius 1 is 1.22 bits per heavy atom. The molecule has 1 aliphatic carbocycles. The highest BCUT2D eigenvalue weighted by Gasteiger charge is 2.27. The van der Waals surface area contributed by atoms with Crippen LogP contribution in [0.15, 0.2) is 24.3 Å². The average molecular weight is 453 g/mol.